The molecule has 0 atom stereocenters. The Kier molecular flexibility index (Phi) is 3.81. The largest absolute Gasteiger partial charge is 0.399 e. The number of hydrogen-bond donors (Lipinski definition) is 2. The summed E-state index contributed by atoms with van der Waals surface area (Å²) in [4.78, 5) is -0.153. The van der Waals surface area contributed by atoms with E-state index in [1.54, 1.807) is 48.5 Å². The van der Waals surface area contributed by atoms with E-state index in [-0.39, 0.29) is 4.90 Å². The first kappa shape index (κ1) is 15.1. The number of rotatable bonds is 3. The third kappa shape index (κ3) is 3.20. The molecule has 0 aromatic heterocycles. The molecule has 23 heavy (non-hydrogen) atoms. The summed E-state index contributed by atoms with van der Waals surface area (Å²) in [6.07, 6.45) is 0. The van der Waals surface area contributed by atoms with E-state index in [9.17, 15) is 13.0 Å². The van der Waals surface area contributed by atoms with Gasteiger partial charge in [0, 0.05) is 16.5 Å². The van der Waals surface area contributed by atoms with Crippen LogP contribution in [0.3, 0.4) is 0 Å². The van der Waals surface area contributed by atoms with Gasteiger partial charge in [0.25, 0.3) is 10.1 Å². The minimum atomic E-state index is -4.30. The molecule has 0 radical (unpaired) electrons. The van der Waals surface area contributed by atoms with Crippen molar-refractivity contribution in [3.8, 4) is 0 Å². The first-order chi connectivity index (χ1) is 10.9. The molecule has 0 saturated carbocycles. The molecule has 0 bridgehead atoms. The number of nitrogen functional groups attached to an aromatic ring is 1. The van der Waals surface area contributed by atoms with E-state index >= 15 is 0 Å². The van der Waals surface area contributed by atoms with Crippen molar-refractivity contribution in [2.45, 2.75) is 4.90 Å². The van der Waals surface area contributed by atoms with Crippen LogP contribution in [0.5, 0.6) is 0 Å². The summed E-state index contributed by atoms with van der Waals surface area (Å²) < 4.78 is 32.2. The van der Waals surface area contributed by atoms with Gasteiger partial charge in [-0.25, -0.2) is 0 Å². The summed E-state index contributed by atoms with van der Waals surface area (Å²) in [6.45, 7) is 0. The lowest BCUT2D eigenvalue weighted by molar-refractivity contribution is 0.484. The van der Waals surface area contributed by atoms with Gasteiger partial charge in [0.1, 0.15) is 4.90 Å². The van der Waals surface area contributed by atoms with E-state index < -0.39 is 10.1 Å². The number of azo groups is 1. The zero-order valence-corrected chi connectivity index (χ0v) is 12.7. The van der Waals surface area contributed by atoms with E-state index in [4.69, 9.17) is 5.73 Å². The van der Waals surface area contributed by atoms with Gasteiger partial charge in [0.2, 0.25) is 0 Å². The van der Waals surface area contributed by atoms with Gasteiger partial charge in [0.05, 0.1) is 11.4 Å². The average Bonchev–Trinajstić information content (AvgIpc) is 2.53. The molecule has 7 heteroatoms. The highest BCUT2D eigenvalue weighted by Gasteiger charge is 2.15. The molecule has 0 aliphatic heterocycles. The molecule has 116 valence electrons. The molecule has 0 saturated heterocycles. The van der Waals surface area contributed by atoms with Crippen molar-refractivity contribution in [2.24, 2.45) is 10.2 Å². The van der Waals surface area contributed by atoms with Crippen LogP contribution in [-0.2, 0) is 10.1 Å². The van der Waals surface area contributed by atoms with Gasteiger partial charge in [-0.3, -0.25) is 4.55 Å². The minimum Gasteiger partial charge on any atom is -0.399 e. The molecular formula is C16H13N3O3S. The topological polar surface area (TPSA) is 105 Å². The van der Waals surface area contributed by atoms with Gasteiger partial charge in [-0.2, -0.15) is 13.5 Å². The van der Waals surface area contributed by atoms with Gasteiger partial charge in [0.15, 0.2) is 0 Å². The monoisotopic (exact) mass is 327 g/mol. The predicted molar refractivity (Wildman–Crippen MR) is 88.8 cm³/mol. The van der Waals surface area contributed by atoms with E-state index in [0.717, 1.165) is 0 Å². The number of hydrogen-bond acceptors (Lipinski definition) is 5. The minimum absolute atomic E-state index is 0.153. The molecule has 0 heterocycles. The number of benzene rings is 3. The van der Waals surface area contributed by atoms with Crippen molar-refractivity contribution >= 4 is 38.0 Å². The molecule has 0 fully saturated rings. The Balaban J connectivity index is 2.11. The highest BCUT2D eigenvalue weighted by atomic mass is 32.2. The average molecular weight is 327 g/mol. The molecule has 3 aromatic rings. The first-order valence-electron chi connectivity index (χ1n) is 6.72. The zero-order chi connectivity index (χ0) is 16.4. The van der Waals surface area contributed by atoms with Crippen LogP contribution in [0.4, 0.5) is 17.1 Å². The Bertz CT molecular complexity index is 997. The third-order valence-corrected chi connectivity index (χ3v) is 4.22. The fourth-order valence-corrected chi connectivity index (χ4v) is 2.92. The quantitative estimate of drug-likeness (QED) is 0.429. The van der Waals surface area contributed by atoms with Gasteiger partial charge in [-0.15, -0.1) is 5.11 Å². The zero-order valence-electron chi connectivity index (χ0n) is 11.9. The van der Waals surface area contributed by atoms with Crippen LogP contribution in [0.2, 0.25) is 0 Å². The van der Waals surface area contributed by atoms with Crippen LogP contribution in [0.1, 0.15) is 0 Å². The molecule has 0 aliphatic carbocycles. The smallest absolute Gasteiger partial charge is 0.295 e. The normalized spacial score (nSPS) is 12.0. The molecule has 0 unspecified atom stereocenters. The van der Waals surface area contributed by atoms with Gasteiger partial charge < -0.3 is 5.73 Å². The lowest BCUT2D eigenvalue weighted by Gasteiger charge is -2.05. The summed E-state index contributed by atoms with van der Waals surface area (Å²) in [6, 6.07) is 16.5. The van der Waals surface area contributed by atoms with E-state index in [1.165, 1.54) is 12.1 Å². The first-order valence-corrected chi connectivity index (χ1v) is 8.16. The maximum atomic E-state index is 11.5. The lowest BCUT2D eigenvalue weighted by Crippen LogP contribution is -1.98. The van der Waals surface area contributed by atoms with E-state index in [2.05, 4.69) is 10.2 Å². The van der Waals surface area contributed by atoms with Crippen molar-refractivity contribution in [3.05, 3.63) is 60.7 Å². The summed E-state index contributed by atoms with van der Waals surface area (Å²) in [5.41, 5.74) is 7.38. The molecule has 3 aromatic carbocycles. The van der Waals surface area contributed by atoms with E-state index in [1.807, 2.05) is 0 Å². The van der Waals surface area contributed by atoms with Crippen molar-refractivity contribution in [3.63, 3.8) is 0 Å². The van der Waals surface area contributed by atoms with Gasteiger partial charge >= 0.3 is 0 Å². The summed E-state index contributed by atoms with van der Waals surface area (Å²) in [5, 5.41) is 9.26. The van der Waals surface area contributed by atoms with Gasteiger partial charge in [-0.1, -0.05) is 24.3 Å². The maximum absolute atomic E-state index is 11.5. The summed E-state index contributed by atoms with van der Waals surface area (Å²) >= 11 is 0. The Morgan fingerprint density at radius 3 is 2.13 bits per heavy atom. The Morgan fingerprint density at radius 1 is 0.826 bits per heavy atom. The second kappa shape index (κ2) is 5.79. The number of fused-ring (bicyclic) bond motifs is 1. The number of anilines is 1. The van der Waals surface area contributed by atoms with Crippen LogP contribution in [0, 0.1) is 0 Å². The van der Waals surface area contributed by atoms with Crippen LogP contribution in [0.15, 0.2) is 75.8 Å². The molecule has 0 aliphatic rings. The third-order valence-electron chi connectivity index (χ3n) is 3.31. The Labute approximate surface area is 133 Å². The second-order valence-corrected chi connectivity index (χ2v) is 6.28. The maximum Gasteiger partial charge on any atom is 0.295 e. The fraction of sp³-hybridized carbons (Fsp3) is 0. The predicted octanol–water partition coefficient (Wildman–Crippen LogP) is 4.08. The lowest BCUT2D eigenvalue weighted by atomic mass is 10.1. The summed E-state index contributed by atoms with van der Waals surface area (Å²) in [7, 11) is -4.30. The van der Waals surface area contributed by atoms with Gasteiger partial charge in [-0.05, 0) is 36.4 Å². The Hall–Kier alpha value is -2.77. The molecule has 3 rings (SSSR count). The van der Waals surface area contributed by atoms with Crippen LogP contribution in [0.25, 0.3) is 10.8 Å². The van der Waals surface area contributed by atoms with Crippen molar-refractivity contribution < 1.29 is 13.0 Å². The highest BCUT2D eigenvalue weighted by Crippen LogP contribution is 2.32. The molecular weight excluding hydrogens is 314 g/mol. The second-order valence-electron chi connectivity index (χ2n) is 4.90. The molecule has 0 spiro atoms. The van der Waals surface area contributed by atoms with Crippen molar-refractivity contribution in [1.29, 1.82) is 0 Å². The number of nitrogens with two attached hydrogens (primary N) is 1. The highest BCUT2D eigenvalue weighted by molar-refractivity contribution is 7.86. The van der Waals surface area contributed by atoms with E-state index in [0.29, 0.717) is 27.8 Å². The van der Waals surface area contributed by atoms with Crippen LogP contribution in [-0.4, -0.2) is 13.0 Å². The fourth-order valence-electron chi connectivity index (χ4n) is 2.22. The van der Waals surface area contributed by atoms with Crippen LogP contribution >= 0.6 is 0 Å². The summed E-state index contributed by atoms with van der Waals surface area (Å²) in [5.74, 6) is 0. The van der Waals surface area contributed by atoms with Crippen molar-refractivity contribution in [2.75, 3.05) is 5.73 Å². The number of nitrogens with zero attached hydrogens (tertiary/aromatic N) is 2. The molecule has 3 N–H and O–H groups in total. The standard InChI is InChI=1S/C16H13N3O3S/c17-11-5-7-12(8-6-11)18-19-15-9-10-16(23(20,21)22)14-4-2-1-3-13(14)15/h1-10H,17H2,(H,20,21,22). The SMILES string of the molecule is Nc1ccc(N=Nc2ccc(S(=O)(=O)O)c3ccccc23)cc1. The molecule has 0 amide bonds. The molecule has 6 nitrogen and oxygen atoms in total. The Morgan fingerprint density at radius 2 is 1.48 bits per heavy atom. The van der Waals surface area contributed by atoms with Crippen molar-refractivity contribution in [1.82, 2.24) is 0 Å². The van der Waals surface area contributed by atoms with Crippen LogP contribution < -0.4 is 5.73 Å².